The lowest BCUT2D eigenvalue weighted by atomic mass is 9.99. The number of hydrogen-bond donors (Lipinski definition) is 0. The Morgan fingerprint density at radius 2 is 1.82 bits per heavy atom. The zero-order chi connectivity index (χ0) is 12.3. The molecule has 0 aliphatic carbocycles. The normalized spacial score (nSPS) is 14.8. The largest absolute Gasteiger partial charge is 0.125 e. The van der Waals surface area contributed by atoms with Gasteiger partial charge in [0.05, 0.1) is 0 Å². The van der Waals surface area contributed by atoms with E-state index in [0.29, 0.717) is 0 Å². The van der Waals surface area contributed by atoms with Crippen molar-refractivity contribution < 1.29 is 0 Å². The molecule has 1 atom stereocenters. The average Bonchev–Trinajstić information content (AvgIpc) is 2.36. The van der Waals surface area contributed by atoms with Crippen LogP contribution < -0.4 is 0 Å². The third kappa shape index (κ3) is 2.83. The molecule has 0 radical (unpaired) electrons. The van der Waals surface area contributed by atoms with Crippen molar-refractivity contribution in [3.63, 3.8) is 0 Å². The maximum absolute atomic E-state index is 6.64. The number of fused-ring (bicyclic) bond motifs is 1. The van der Waals surface area contributed by atoms with E-state index < -0.39 is 3.78 Å². The number of rotatable bonds is 4. The first-order chi connectivity index (χ1) is 8.15. The fraction of sp³-hybridized carbons (Fsp3) is 0.333. The molecule has 0 heterocycles. The highest BCUT2D eigenvalue weighted by Crippen LogP contribution is 2.43. The Morgan fingerprint density at radius 1 is 1.12 bits per heavy atom. The van der Waals surface area contributed by atoms with E-state index in [2.05, 4.69) is 65.3 Å². The van der Waals surface area contributed by atoms with E-state index in [1.165, 1.54) is 16.3 Å². The topological polar surface area (TPSA) is 0 Å². The van der Waals surface area contributed by atoms with Crippen molar-refractivity contribution in [3.8, 4) is 0 Å². The van der Waals surface area contributed by atoms with Gasteiger partial charge in [0.25, 0.3) is 0 Å². The molecule has 0 spiro atoms. The maximum atomic E-state index is 6.64. The SMILES string of the molecule is CCCCC(Cl)(Br)c1cccc2ccccc12. The molecule has 0 N–H and O–H groups in total. The summed E-state index contributed by atoms with van der Waals surface area (Å²) in [6, 6.07) is 14.7. The van der Waals surface area contributed by atoms with Crippen LogP contribution in [0.5, 0.6) is 0 Å². The van der Waals surface area contributed by atoms with Crippen LogP contribution in [0.2, 0.25) is 0 Å². The summed E-state index contributed by atoms with van der Waals surface area (Å²) in [4.78, 5) is 0. The zero-order valence-corrected chi connectivity index (χ0v) is 12.3. The molecular formula is C15H16BrCl. The predicted molar refractivity (Wildman–Crippen MR) is 79.9 cm³/mol. The fourth-order valence-electron chi connectivity index (χ4n) is 2.08. The highest BCUT2D eigenvalue weighted by molar-refractivity contribution is 9.10. The molecule has 0 saturated heterocycles. The van der Waals surface area contributed by atoms with Crippen molar-refractivity contribution >= 4 is 38.3 Å². The minimum Gasteiger partial charge on any atom is -0.101 e. The minimum absolute atomic E-state index is 0.441. The van der Waals surface area contributed by atoms with Gasteiger partial charge in [-0.3, -0.25) is 0 Å². The highest BCUT2D eigenvalue weighted by Gasteiger charge is 2.26. The second-order valence-corrected chi connectivity index (χ2v) is 6.79. The van der Waals surface area contributed by atoms with Crippen molar-refractivity contribution in [2.45, 2.75) is 30.0 Å². The molecule has 0 aliphatic rings. The molecule has 0 saturated carbocycles. The molecule has 0 amide bonds. The van der Waals surface area contributed by atoms with Gasteiger partial charge in [-0.05, 0) is 22.8 Å². The van der Waals surface area contributed by atoms with Crippen LogP contribution in [-0.2, 0) is 3.78 Å². The van der Waals surface area contributed by atoms with E-state index in [9.17, 15) is 0 Å². The van der Waals surface area contributed by atoms with Crippen LogP contribution in [-0.4, -0.2) is 0 Å². The van der Waals surface area contributed by atoms with Crippen LogP contribution in [0.3, 0.4) is 0 Å². The Bertz CT molecular complexity index is 500. The van der Waals surface area contributed by atoms with Crippen LogP contribution in [0.25, 0.3) is 10.8 Å². The highest BCUT2D eigenvalue weighted by atomic mass is 79.9. The first-order valence-corrected chi connectivity index (χ1v) is 7.18. The molecular weight excluding hydrogens is 296 g/mol. The Kier molecular flexibility index (Phi) is 4.11. The molecule has 2 heteroatoms. The van der Waals surface area contributed by atoms with Crippen molar-refractivity contribution in [1.29, 1.82) is 0 Å². The first kappa shape index (κ1) is 12.9. The zero-order valence-electron chi connectivity index (χ0n) is 9.92. The van der Waals surface area contributed by atoms with Gasteiger partial charge in [0.15, 0.2) is 0 Å². The van der Waals surface area contributed by atoms with E-state index in [1.807, 2.05) is 0 Å². The summed E-state index contributed by atoms with van der Waals surface area (Å²) in [5.74, 6) is 0. The lowest BCUT2D eigenvalue weighted by Gasteiger charge is -2.22. The molecule has 0 nitrogen and oxygen atoms in total. The third-order valence-corrected chi connectivity index (χ3v) is 4.24. The maximum Gasteiger partial charge on any atom is 0.125 e. The number of hydrogen-bond acceptors (Lipinski definition) is 0. The summed E-state index contributed by atoms with van der Waals surface area (Å²) in [6.07, 6.45) is 3.22. The van der Waals surface area contributed by atoms with Crippen LogP contribution in [0, 0.1) is 0 Å². The molecule has 0 fully saturated rings. The van der Waals surface area contributed by atoms with Crippen molar-refractivity contribution in [2.24, 2.45) is 0 Å². The molecule has 2 rings (SSSR count). The molecule has 2 aromatic carbocycles. The van der Waals surface area contributed by atoms with Gasteiger partial charge in [0.1, 0.15) is 3.78 Å². The average molecular weight is 312 g/mol. The van der Waals surface area contributed by atoms with Gasteiger partial charge in [-0.15, -0.1) is 11.6 Å². The standard InChI is InChI=1S/C15H16BrCl/c1-2-3-11-15(16,17)14-10-6-8-12-7-4-5-9-13(12)14/h4-10H,2-3,11H2,1H3. The van der Waals surface area contributed by atoms with Crippen molar-refractivity contribution in [2.75, 3.05) is 0 Å². The second-order valence-electron chi connectivity index (χ2n) is 4.33. The van der Waals surface area contributed by atoms with Crippen LogP contribution in [0.1, 0.15) is 31.7 Å². The number of halogens is 2. The van der Waals surface area contributed by atoms with Gasteiger partial charge in [-0.2, -0.15) is 0 Å². The predicted octanol–water partition coefficient (Wildman–Crippen LogP) is 5.82. The van der Waals surface area contributed by atoms with Crippen LogP contribution in [0.4, 0.5) is 0 Å². The fourth-order valence-corrected chi connectivity index (χ4v) is 3.00. The second kappa shape index (κ2) is 5.41. The number of alkyl halides is 2. The van der Waals surface area contributed by atoms with Gasteiger partial charge >= 0.3 is 0 Å². The summed E-state index contributed by atoms with van der Waals surface area (Å²) < 4.78 is -0.441. The Labute approximate surface area is 116 Å². The van der Waals surface area contributed by atoms with E-state index in [-0.39, 0.29) is 0 Å². The van der Waals surface area contributed by atoms with Gasteiger partial charge in [0, 0.05) is 0 Å². The first-order valence-electron chi connectivity index (χ1n) is 6.01. The molecule has 1 unspecified atom stereocenters. The molecule has 0 aliphatic heterocycles. The molecule has 2 aromatic rings. The lowest BCUT2D eigenvalue weighted by Crippen LogP contribution is -2.09. The summed E-state index contributed by atoms with van der Waals surface area (Å²) in [5, 5.41) is 2.48. The smallest absolute Gasteiger partial charge is 0.101 e. The summed E-state index contributed by atoms with van der Waals surface area (Å²) >= 11 is 10.3. The van der Waals surface area contributed by atoms with Crippen LogP contribution >= 0.6 is 27.5 Å². The number of benzene rings is 2. The summed E-state index contributed by atoms with van der Waals surface area (Å²) in [6.45, 7) is 2.18. The Hall–Kier alpha value is -0.530. The van der Waals surface area contributed by atoms with Crippen molar-refractivity contribution in [3.05, 3.63) is 48.0 Å². The summed E-state index contributed by atoms with van der Waals surface area (Å²) in [7, 11) is 0. The number of unbranched alkanes of at least 4 members (excludes halogenated alkanes) is 1. The van der Waals surface area contributed by atoms with Gasteiger partial charge in [-0.1, -0.05) is 78.2 Å². The third-order valence-electron chi connectivity index (χ3n) is 3.03. The molecule has 0 bridgehead atoms. The molecule has 90 valence electrons. The van der Waals surface area contributed by atoms with E-state index >= 15 is 0 Å². The van der Waals surface area contributed by atoms with Gasteiger partial charge < -0.3 is 0 Å². The van der Waals surface area contributed by atoms with Gasteiger partial charge in [0.2, 0.25) is 0 Å². The Morgan fingerprint density at radius 3 is 2.59 bits per heavy atom. The van der Waals surface area contributed by atoms with E-state index in [0.717, 1.165) is 19.3 Å². The monoisotopic (exact) mass is 310 g/mol. The minimum atomic E-state index is -0.441. The lowest BCUT2D eigenvalue weighted by molar-refractivity contribution is 0.679. The van der Waals surface area contributed by atoms with E-state index in [4.69, 9.17) is 11.6 Å². The summed E-state index contributed by atoms with van der Waals surface area (Å²) in [5.41, 5.74) is 1.17. The van der Waals surface area contributed by atoms with E-state index in [1.54, 1.807) is 0 Å². The van der Waals surface area contributed by atoms with Crippen molar-refractivity contribution in [1.82, 2.24) is 0 Å². The quantitative estimate of drug-likeness (QED) is 0.624. The van der Waals surface area contributed by atoms with Gasteiger partial charge in [-0.25, -0.2) is 0 Å². The molecule has 17 heavy (non-hydrogen) atoms. The Balaban J connectivity index is 2.47. The molecule has 0 aromatic heterocycles. The van der Waals surface area contributed by atoms with Crippen LogP contribution in [0.15, 0.2) is 42.5 Å².